The van der Waals surface area contributed by atoms with Crippen LogP contribution in [0.2, 0.25) is 0 Å². The van der Waals surface area contributed by atoms with Crippen molar-refractivity contribution in [1.29, 1.82) is 0 Å². The van der Waals surface area contributed by atoms with Crippen molar-refractivity contribution in [3.63, 3.8) is 0 Å². The molecule has 4 aliphatic carbocycles. The zero-order chi connectivity index (χ0) is 17.8. The molecule has 0 aromatic heterocycles. The maximum absolute atomic E-state index is 12.6. The molecule has 1 aromatic rings. The standard InChI is InChI=1S/C18H19NO6/c20-15(13-2-1-3-14(5-13)19(23)24)25-18-8-11-4-12(9-18)7-17(6-11,10-18)16(21)22/h1-3,5,11-12H,4,6-10H2,(H,21,22)/p-1. The van der Waals surface area contributed by atoms with Gasteiger partial charge in [0.25, 0.3) is 5.69 Å². The normalized spacial score (nSPS) is 35.4. The lowest BCUT2D eigenvalue weighted by atomic mass is 9.48. The van der Waals surface area contributed by atoms with Crippen LogP contribution in [0.5, 0.6) is 0 Å². The molecule has 0 spiro atoms. The van der Waals surface area contributed by atoms with Gasteiger partial charge in [0.1, 0.15) is 5.60 Å². The van der Waals surface area contributed by atoms with E-state index in [1.54, 1.807) is 0 Å². The van der Waals surface area contributed by atoms with Gasteiger partial charge in [0.05, 0.1) is 10.5 Å². The average Bonchev–Trinajstić information content (AvgIpc) is 2.53. The monoisotopic (exact) mass is 344 g/mol. The van der Waals surface area contributed by atoms with Crippen molar-refractivity contribution in [2.45, 2.75) is 44.1 Å². The number of carbonyl (C=O) groups is 2. The van der Waals surface area contributed by atoms with Crippen molar-refractivity contribution in [3.05, 3.63) is 39.9 Å². The Morgan fingerprint density at radius 2 is 1.84 bits per heavy atom. The van der Waals surface area contributed by atoms with Crippen molar-refractivity contribution in [2.24, 2.45) is 17.3 Å². The van der Waals surface area contributed by atoms with Crippen molar-refractivity contribution in [1.82, 2.24) is 0 Å². The third-order valence-corrected chi connectivity index (χ3v) is 6.04. The molecule has 132 valence electrons. The number of carbonyl (C=O) groups excluding carboxylic acids is 2. The highest BCUT2D eigenvalue weighted by Crippen LogP contribution is 2.62. The second kappa shape index (κ2) is 5.28. The van der Waals surface area contributed by atoms with E-state index in [0.717, 1.165) is 6.42 Å². The fourth-order valence-electron chi connectivity index (χ4n) is 5.54. The summed E-state index contributed by atoms with van der Waals surface area (Å²) in [5.41, 5.74) is -1.74. The molecule has 5 rings (SSSR count). The van der Waals surface area contributed by atoms with E-state index in [1.807, 2.05) is 0 Å². The van der Waals surface area contributed by atoms with Crippen LogP contribution in [-0.4, -0.2) is 22.5 Å². The smallest absolute Gasteiger partial charge is 0.338 e. The van der Waals surface area contributed by atoms with Gasteiger partial charge in [0.15, 0.2) is 0 Å². The summed E-state index contributed by atoms with van der Waals surface area (Å²) in [7, 11) is 0. The number of rotatable bonds is 4. The Kier molecular flexibility index (Phi) is 3.39. The van der Waals surface area contributed by atoms with Gasteiger partial charge in [-0.1, -0.05) is 6.07 Å². The minimum Gasteiger partial charge on any atom is -0.550 e. The van der Waals surface area contributed by atoms with Crippen LogP contribution in [0.3, 0.4) is 0 Å². The molecule has 0 saturated heterocycles. The van der Waals surface area contributed by atoms with E-state index < -0.39 is 27.9 Å². The van der Waals surface area contributed by atoms with E-state index in [1.165, 1.54) is 24.3 Å². The fourth-order valence-corrected chi connectivity index (χ4v) is 5.54. The number of carboxylic acids is 1. The number of carboxylic acid groups (broad SMARTS) is 1. The van der Waals surface area contributed by atoms with Crippen molar-refractivity contribution < 1.29 is 24.4 Å². The average molecular weight is 344 g/mol. The Bertz CT molecular complexity index is 759. The van der Waals surface area contributed by atoms with Crippen LogP contribution in [0, 0.1) is 27.4 Å². The number of nitro groups is 1. The zero-order valence-electron chi connectivity index (χ0n) is 13.6. The van der Waals surface area contributed by atoms with E-state index >= 15 is 0 Å². The third-order valence-electron chi connectivity index (χ3n) is 6.04. The first-order chi connectivity index (χ1) is 11.8. The number of aliphatic carboxylic acids is 1. The summed E-state index contributed by atoms with van der Waals surface area (Å²) in [4.78, 5) is 34.6. The van der Waals surface area contributed by atoms with E-state index in [0.29, 0.717) is 25.7 Å². The van der Waals surface area contributed by atoms with Gasteiger partial charge in [-0.15, -0.1) is 0 Å². The first kappa shape index (κ1) is 16.1. The number of nitrogens with zero attached hydrogens (tertiary/aromatic N) is 1. The molecule has 25 heavy (non-hydrogen) atoms. The summed E-state index contributed by atoms with van der Waals surface area (Å²) >= 11 is 0. The van der Waals surface area contributed by atoms with Crippen LogP contribution >= 0.6 is 0 Å². The maximum atomic E-state index is 12.6. The van der Waals surface area contributed by atoms with Crippen LogP contribution in [0.15, 0.2) is 24.3 Å². The molecule has 4 saturated carbocycles. The van der Waals surface area contributed by atoms with Crippen molar-refractivity contribution in [3.8, 4) is 0 Å². The van der Waals surface area contributed by atoms with E-state index in [9.17, 15) is 24.8 Å². The van der Waals surface area contributed by atoms with Gasteiger partial charge in [-0.05, 0) is 56.4 Å². The molecule has 0 heterocycles. The number of esters is 1. The molecule has 7 heteroatoms. The van der Waals surface area contributed by atoms with Crippen LogP contribution in [-0.2, 0) is 9.53 Å². The lowest BCUT2D eigenvalue weighted by molar-refractivity contribution is -0.384. The summed E-state index contributed by atoms with van der Waals surface area (Å²) in [5.74, 6) is -1.20. The Hall–Kier alpha value is -2.44. The van der Waals surface area contributed by atoms with E-state index in [4.69, 9.17) is 4.74 Å². The lowest BCUT2D eigenvalue weighted by Crippen LogP contribution is -2.62. The Labute approximate surface area is 144 Å². The predicted molar refractivity (Wildman–Crippen MR) is 83.4 cm³/mol. The van der Waals surface area contributed by atoms with E-state index in [-0.39, 0.29) is 29.5 Å². The minimum absolute atomic E-state index is 0.118. The Balaban J connectivity index is 1.60. The van der Waals surface area contributed by atoms with Crippen LogP contribution in [0.4, 0.5) is 5.69 Å². The third kappa shape index (κ3) is 2.58. The number of hydrogen-bond acceptors (Lipinski definition) is 6. The molecular formula is C18H18NO6-. The van der Waals surface area contributed by atoms with Gasteiger partial charge in [-0.25, -0.2) is 4.79 Å². The molecule has 1 aromatic carbocycles. The van der Waals surface area contributed by atoms with E-state index in [2.05, 4.69) is 0 Å². The molecule has 2 unspecified atom stereocenters. The van der Waals surface area contributed by atoms with Gasteiger partial charge in [0, 0.05) is 23.5 Å². The molecule has 0 N–H and O–H groups in total. The summed E-state index contributed by atoms with van der Waals surface area (Å²) in [6, 6.07) is 5.42. The summed E-state index contributed by atoms with van der Waals surface area (Å²) < 4.78 is 5.79. The lowest BCUT2D eigenvalue weighted by Gasteiger charge is -2.61. The van der Waals surface area contributed by atoms with Crippen LogP contribution in [0.25, 0.3) is 0 Å². The molecule has 4 fully saturated rings. The quantitative estimate of drug-likeness (QED) is 0.468. The minimum atomic E-state index is -1.04. The second-order valence-corrected chi connectivity index (χ2v) is 7.91. The Morgan fingerprint density at radius 3 is 2.44 bits per heavy atom. The van der Waals surface area contributed by atoms with Gasteiger partial charge in [-0.3, -0.25) is 10.1 Å². The number of hydrogen-bond donors (Lipinski definition) is 0. The first-order valence-electron chi connectivity index (χ1n) is 8.50. The highest BCUT2D eigenvalue weighted by molar-refractivity contribution is 5.90. The molecule has 2 atom stereocenters. The summed E-state index contributed by atoms with van der Waals surface area (Å²) in [5, 5.41) is 22.6. The molecule has 0 amide bonds. The maximum Gasteiger partial charge on any atom is 0.338 e. The first-order valence-corrected chi connectivity index (χ1v) is 8.50. The Morgan fingerprint density at radius 1 is 1.16 bits per heavy atom. The highest BCUT2D eigenvalue weighted by Gasteiger charge is 2.60. The molecule has 0 aliphatic heterocycles. The number of nitro benzene ring substituents is 1. The summed E-state index contributed by atoms with van der Waals surface area (Å²) in [6.45, 7) is 0. The van der Waals surface area contributed by atoms with Gasteiger partial charge in [-0.2, -0.15) is 0 Å². The SMILES string of the molecule is O=C(OC12CC3CC(C1)CC(C(=O)[O-])(C3)C2)c1cccc([N+](=O)[O-])c1. The van der Waals surface area contributed by atoms with Gasteiger partial charge < -0.3 is 14.6 Å². The fraction of sp³-hybridized carbons (Fsp3) is 0.556. The molecule has 0 radical (unpaired) electrons. The van der Waals surface area contributed by atoms with Crippen LogP contribution < -0.4 is 5.11 Å². The van der Waals surface area contributed by atoms with Crippen molar-refractivity contribution >= 4 is 17.6 Å². The van der Waals surface area contributed by atoms with Gasteiger partial charge >= 0.3 is 5.97 Å². The van der Waals surface area contributed by atoms with Crippen molar-refractivity contribution in [2.75, 3.05) is 0 Å². The molecule has 7 nitrogen and oxygen atoms in total. The number of benzene rings is 1. The largest absolute Gasteiger partial charge is 0.550 e. The molecule has 4 aliphatic rings. The number of non-ortho nitro benzene ring substituents is 1. The highest BCUT2D eigenvalue weighted by atomic mass is 16.6. The number of ether oxygens (including phenoxy) is 1. The molecular weight excluding hydrogens is 326 g/mol. The van der Waals surface area contributed by atoms with Crippen LogP contribution in [0.1, 0.15) is 48.9 Å². The predicted octanol–water partition coefficient (Wildman–Crippen LogP) is 1.84. The van der Waals surface area contributed by atoms with Gasteiger partial charge in [0.2, 0.25) is 0 Å². The molecule has 4 bridgehead atoms. The second-order valence-electron chi connectivity index (χ2n) is 7.91. The zero-order valence-corrected chi connectivity index (χ0v) is 13.6. The summed E-state index contributed by atoms with van der Waals surface area (Å²) in [6.07, 6.45) is 3.80. The topological polar surface area (TPSA) is 110 Å².